The number of halogens is 2. The highest BCUT2D eigenvalue weighted by Gasteiger charge is 2.44. The maximum Gasteiger partial charge on any atom is 0.200 e. The van der Waals surface area contributed by atoms with Gasteiger partial charge in [0.05, 0.1) is 11.7 Å². The van der Waals surface area contributed by atoms with Gasteiger partial charge in [0.25, 0.3) is 0 Å². The van der Waals surface area contributed by atoms with Crippen molar-refractivity contribution in [1.82, 2.24) is 4.90 Å². The molecule has 0 aromatic heterocycles. The molecule has 33 heavy (non-hydrogen) atoms. The van der Waals surface area contributed by atoms with E-state index in [0.29, 0.717) is 25.9 Å². The van der Waals surface area contributed by atoms with Crippen molar-refractivity contribution in [3.05, 3.63) is 59.7 Å². The van der Waals surface area contributed by atoms with Crippen LogP contribution in [0, 0.1) is 18.6 Å². The zero-order valence-electron chi connectivity index (χ0n) is 18.9. The summed E-state index contributed by atoms with van der Waals surface area (Å²) in [7, 11) is 0. The molecule has 0 radical (unpaired) electrons. The molecule has 0 bridgehead atoms. The fraction of sp³-hybridized carbons (Fsp3) is 0.520. The summed E-state index contributed by atoms with van der Waals surface area (Å²) in [5.74, 6) is -2.47. The predicted molar refractivity (Wildman–Crippen MR) is 121 cm³/mol. The maximum absolute atomic E-state index is 13.9. The molecule has 2 heterocycles. The third-order valence-electron chi connectivity index (χ3n) is 6.84. The Morgan fingerprint density at radius 2 is 1.73 bits per heavy atom. The number of aryl methyl sites for hydroxylation is 1. The van der Waals surface area contributed by atoms with Gasteiger partial charge in [0, 0.05) is 38.4 Å². The quantitative estimate of drug-likeness (QED) is 0.613. The monoisotopic (exact) mass is 462 g/mol. The molecule has 0 aliphatic carbocycles. The Labute approximate surface area is 193 Å². The highest BCUT2D eigenvalue weighted by Crippen LogP contribution is 2.31. The Kier molecular flexibility index (Phi) is 6.91. The third-order valence-corrected chi connectivity index (χ3v) is 6.84. The standard InChI is InChI=1S/C25H32F2N2O4/c1-18-5-7-19(8-6-18)29-13-10-24(31,11-14-29)15-28-12-9-22(30)25(32,16-28)17-33-21-4-2-3-20(26)23(21)27/h2-8,22,30-32H,9-17H2,1H3/t22-,25-/m0/s1. The topological polar surface area (TPSA) is 76.4 Å². The van der Waals surface area contributed by atoms with Crippen LogP contribution in [0.1, 0.15) is 24.8 Å². The normalized spacial score (nSPS) is 25.8. The van der Waals surface area contributed by atoms with Crippen molar-refractivity contribution in [2.75, 3.05) is 44.2 Å². The van der Waals surface area contributed by atoms with E-state index in [1.54, 1.807) is 0 Å². The number of rotatable bonds is 6. The average Bonchev–Trinajstić information content (AvgIpc) is 2.79. The number of anilines is 1. The second kappa shape index (κ2) is 9.54. The van der Waals surface area contributed by atoms with E-state index in [0.717, 1.165) is 24.8 Å². The Morgan fingerprint density at radius 3 is 2.42 bits per heavy atom. The molecule has 4 rings (SSSR count). The van der Waals surface area contributed by atoms with Gasteiger partial charge in [-0.1, -0.05) is 23.8 Å². The fourth-order valence-corrected chi connectivity index (χ4v) is 4.73. The van der Waals surface area contributed by atoms with Crippen molar-refractivity contribution in [2.24, 2.45) is 0 Å². The fourth-order valence-electron chi connectivity index (χ4n) is 4.73. The minimum absolute atomic E-state index is 0.0646. The van der Waals surface area contributed by atoms with Crippen LogP contribution < -0.4 is 9.64 Å². The van der Waals surface area contributed by atoms with E-state index in [4.69, 9.17) is 4.74 Å². The number of piperidine rings is 2. The van der Waals surface area contributed by atoms with Crippen LogP contribution in [0.3, 0.4) is 0 Å². The van der Waals surface area contributed by atoms with Gasteiger partial charge in [0.2, 0.25) is 5.82 Å². The molecule has 0 spiro atoms. The summed E-state index contributed by atoms with van der Waals surface area (Å²) in [4.78, 5) is 4.17. The van der Waals surface area contributed by atoms with Crippen molar-refractivity contribution in [2.45, 2.75) is 43.5 Å². The summed E-state index contributed by atoms with van der Waals surface area (Å²) in [5, 5.41) is 32.6. The Morgan fingerprint density at radius 1 is 1.03 bits per heavy atom. The van der Waals surface area contributed by atoms with E-state index in [-0.39, 0.29) is 25.3 Å². The second-order valence-corrected chi connectivity index (χ2v) is 9.51. The molecule has 3 N–H and O–H groups in total. The molecular weight excluding hydrogens is 430 g/mol. The Hall–Kier alpha value is -2.26. The zero-order valence-corrected chi connectivity index (χ0v) is 18.9. The van der Waals surface area contributed by atoms with Crippen LogP contribution in [0.15, 0.2) is 42.5 Å². The van der Waals surface area contributed by atoms with Crippen LogP contribution in [0.2, 0.25) is 0 Å². The molecule has 2 aromatic carbocycles. The molecule has 8 heteroatoms. The lowest BCUT2D eigenvalue weighted by atomic mass is 9.86. The first-order chi connectivity index (χ1) is 15.7. The average molecular weight is 463 g/mol. The van der Waals surface area contributed by atoms with Gasteiger partial charge in [-0.25, -0.2) is 4.39 Å². The predicted octanol–water partition coefficient (Wildman–Crippen LogP) is 2.48. The lowest BCUT2D eigenvalue weighted by Gasteiger charge is -2.46. The number of hydrogen-bond acceptors (Lipinski definition) is 6. The summed E-state index contributed by atoms with van der Waals surface area (Å²) >= 11 is 0. The van der Waals surface area contributed by atoms with Crippen molar-refractivity contribution in [3.63, 3.8) is 0 Å². The van der Waals surface area contributed by atoms with Gasteiger partial charge in [-0.15, -0.1) is 0 Å². The van der Waals surface area contributed by atoms with Crippen molar-refractivity contribution >= 4 is 5.69 Å². The van der Waals surface area contributed by atoms with E-state index in [1.165, 1.54) is 17.7 Å². The van der Waals surface area contributed by atoms with E-state index >= 15 is 0 Å². The number of aliphatic hydroxyl groups is 3. The van der Waals surface area contributed by atoms with E-state index < -0.39 is 28.9 Å². The molecule has 6 nitrogen and oxygen atoms in total. The Bertz CT molecular complexity index is 950. The zero-order chi connectivity index (χ0) is 23.6. The molecule has 2 atom stereocenters. The van der Waals surface area contributed by atoms with Crippen LogP contribution in [0.4, 0.5) is 14.5 Å². The van der Waals surface area contributed by atoms with Gasteiger partial charge in [0.15, 0.2) is 11.6 Å². The summed E-state index contributed by atoms with van der Waals surface area (Å²) in [6, 6.07) is 11.9. The lowest BCUT2D eigenvalue weighted by molar-refractivity contribution is -0.149. The van der Waals surface area contributed by atoms with Crippen molar-refractivity contribution < 1.29 is 28.8 Å². The lowest BCUT2D eigenvalue weighted by Crippen LogP contribution is -2.62. The van der Waals surface area contributed by atoms with Crippen LogP contribution in [-0.4, -0.2) is 76.9 Å². The molecule has 0 amide bonds. The molecule has 2 fully saturated rings. The number of benzene rings is 2. The van der Waals surface area contributed by atoms with Crippen LogP contribution in [0.5, 0.6) is 5.75 Å². The van der Waals surface area contributed by atoms with E-state index in [2.05, 4.69) is 36.1 Å². The highest BCUT2D eigenvalue weighted by molar-refractivity contribution is 5.48. The van der Waals surface area contributed by atoms with E-state index in [9.17, 15) is 24.1 Å². The number of aliphatic hydroxyl groups excluding tert-OH is 1. The van der Waals surface area contributed by atoms with Gasteiger partial charge >= 0.3 is 0 Å². The molecule has 180 valence electrons. The van der Waals surface area contributed by atoms with Gasteiger partial charge in [-0.2, -0.15) is 4.39 Å². The minimum atomic E-state index is -1.66. The van der Waals surface area contributed by atoms with Crippen LogP contribution in [-0.2, 0) is 0 Å². The van der Waals surface area contributed by atoms with Gasteiger partial charge in [-0.3, -0.25) is 4.90 Å². The molecule has 2 aromatic rings. The number of likely N-dealkylation sites (tertiary alicyclic amines) is 1. The van der Waals surface area contributed by atoms with Gasteiger partial charge < -0.3 is 25.0 Å². The summed E-state index contributed by atoms with van der Waals surface area (Å²) in [6.07, 6.45) is 0.396. The first-order valence-corrected chi connectivity index (χ1v) is 11.4. The van der Waals surface area contributed by atoms with Crippen molar-refractivity contribution in [1.29, 1.82) is 0 Å². The Balaban J connectivity index is 1.34. The maximum atomic E-state index is 13.9. The number of hydrogen-bond donors (Lipinski definition) is 3. The summed E-state index contributed by atoms with van der Waals surface area (Å²) in [5.41, 5.74) is -0.216. The third kappa shape index (κ3) is 5.46. The molecule has 0 unspecified atom stereocenters. The van der Waals surface area contributed by atoms with Gasteiger partial charge in [-0.05, 0) is 50.5 Å². The summed E-state index contributed by atoms with van der Waals surface area (Å²) < 4.78 is 32.7. The number of nitrogens with zero attached hydrogens (tertiary/aromatic N) is 2. The first-order valence-electron chi connectivity index (χ1n) is 11.4. The van der Waals surface area contributed by atoms with Gasteiger partial charge in [0.1, 0.15) is 12.2 Å². The number of β-amino-alcohol motifs (C(OH)–C–C–N with tert-alkyl or cyclic N) is 2. The minimum Gasteiger partial charge on any atom is -0.487 e. The largest absolute Gasteiger partial charge is 0.487 e. The van der Waals surface area contributed by atoms with E-state index in [1.807, 2.05) is 4.90 Å². The SMILES string of the molecule is Cc1ccc(N2CCC(O)(CN3CC[C@H](O)[C@@](O)(COc4cccc(F)c4F)C3)CC2)cc1. The van der Waals surface area contributed by atoms with Crippen LogP contribution in [0.25, 0.3) is 0 Å². The summed E-state index contributed by atoms with van der Waals surface area (Å²) in [6.45, 7) is 4.05. The molecular formula is C25H32F2N2O4. The molecule has 0 saturated carbocycles. The highest BCUT2D eigenvalue weighted by atomic mass is 19.2. The van der Waals surface area contributed by atoms with Crippen LogP contribution >= 0.6 is 0 Å². The second-order valence-electron chi connectivity index (χ2n) is 9.51. The number of ether oxygens (including phenoxy) is 1. The smallest absolute Gasteiger partial charge is 0.200 e. The molecule has 2 aliphatic heterocycles. The first kappa shape index (κ1) is 23.9. The van der Waals surface area contributed by atoms with Crippen molar-refractivity contribution in [3.8, 4) is 5.75 Å². The molecule has 2 saturated heterocycles. The molecule has 2 aliphatic rings.